The molecule has 10 nitrogen and oxygen atoms in total. The highest BCUT2D eigenvalue weighted by Crippen LogP contribution is 2.03. The van der Waals surface area contributed by atoms with Crippen molar-refractivity contribution >= 4 is 23.8 Å². The SMILES string of the molecule is C=C1NC=C(COC(=O)C(O)COC(=O)/C=C/C(=O)OC)C(=O)N1. The van der Waals surface area contributed by atoms with Crippen LogP contribution in [0.1, 0.15) is 0 Å². The quantitative estimate of drug-likeness (QED) is 0.279. The summed E-state index contributed by atoms with van der Waals surface area (Å²) in [4.78, 5) is 45.0. The summed E-state index contributed by atoms with van der Waals surface area (Å²) in [6.07, 6.45) is 1.16. The maximum atomic E-state index is 11.5. The molecule has 24 heavy (non-hydrogen) atoms. The summed E-state index contributed by atoms with van der Waals surface area (Å²) < 4.78 is 13.5. The average molecular weight is 340 g/mol. The van der Waals surface area contributed by atoms with E-state index >= 15 is 0 Å². The Morgan fingerprint density at radius 3 is 2.58 bits per heavy atom. The van der Waals surface area contributed by atoms with Gasteiger partial charge in [-0.25, -0.2) is 14.4 Å². The number of aliphatic hydroxyl groups excluding tert-OH is 1. The van der Waals surface area contributed by atoms with Gasteiger partial charge in [-0.15, -0.1) is 0 Å². The second-order valence-electron chi connectivity index (χ2n) is 4.36. The van der Waals surface area contributed by atoms with Crippen LogP contribution in [-0.2, 0) is 33.4 Å². The van der Waals surface area contributed by atoms with E-state index in [1.54, 1.807) is 0 Å². The molecule has 1 atom stereocenters. The normalized spacial score (nSPS) is 15.0. The van der Waals surface area contributed by atoms with Crippen molar-refractivity contribution in [3.8, 4) is 0 Å². The Bertz CT molecular complexity index is 608. The van der Waals surface area contributed by atoms with E-state index in [1.807, 2.05) is 0 Å². The second kappa shape index (κ2) is 9.10. The van der Waals surface area contributed by atoms with Crippen molar-refractivity contribution in [3.05, 3.63) is 36.3 Å². The molecule has 1 amide bonds. The summed E-state index contributed by atoms with van der Waals surface area (Å²) in [5.74, 6) is -3.02. The van der Waals surface area contributed by atoms with Crippen LogP contribution >= 0.6 is 0 Å². The first-order chi connectivity index (χ1) is 11.3. The number of ether oxygens (including phenoxy) is 3. The molecule has 3 N–H and O–H groups in total. The molecular weight excluding hydrogens is 324 g/mol. The zero-order chi connectivity index (χ0) is 18.1. The molecule has 1 heterocycles. The molecule has 1 rings (SSSR count). The number of esters is 3. The van der Waals surface area contributed by atoms with Crippen molar-refractivity contribution < 1.29 is 38.5 Å². The highest BCUT2D eigenvalue weighted by molar-refractivity contribution is 5.96. The maximum Gasteiger partial charge on any atom is 0.338 e. The van der Waals surface area contributed by atoms with Gasteiger partial charge in [0.25, 0.3) is 5.91 Å². The fraction of sp³-hybridized carbons (Fsp3) is 0.286. The molecule has 0 aromatic heterocycles. The molecule has 1 aliphatic heterocycles. The monoisotopic (exact) mass is 340 g/mol. The lowest BCUT2D eigenvalue weighted by Crippen LogP contribution is -2.37. The predicted molar refractivity (Wildman–Crippen MR) is 77.6 cm³/mol. The summed E-state index contributed by atoms with van der Waals surface area (Å²) in [7, 11) is 1.13. The van der Waals surface area contributed by atoms with E-state index in [0.29, 0.717) is 0 Å². The largest absolute Gasteiger partial charge is 0.466 e. The van der Waals surface area contributed by atoms with Gasteiger partial charge in [0.15, 0.2) is 6.10 Å². The van der Waals surface area contributed by atoms with Crippen molar-refractivity contribution in [2.45, 2.75) is 6.10 Å². The molecule has 0 fully saturated rings. The fourth-order valence-electron chi connectivity index (χ4n) is 1.33. The Morgan fingerprint density at radius 2 is 1.96 bits per heavy atom. The smallest absolute Gasteiger partial charge is 0.338 e. The van der Waals surface area contributed by atoms with E-state index < -0.39 is 43.1 Å². The summed E-state index contributed by atoms with van der Waals surface area (Å²) in [5, 5.41) is 14.5. The van der Waals surface area contributed by atoms with Gasteiger partial charge < -0.3 is 30.0 Å². The number of hydrogen-bond donors (Lipinski definition) is 3. The van der Waals surface area contributed by atoms with Crippen molar-refractivity contribution in [1.82, 2.24) is 10.6 Å². The highest BCUT2D eigenvalue weighted by atomic mass is 16.6. The minimum atomic E-state index is -1.74. The third-order valence-electron chi connectivity index (χ3n) is 2.56. The number of hydrogen-bond acceptors (Lipinski definition) is 9. The standard InChI is InChI=1S/C14H16N2O8/c1-8-15-5-9(13(20)16-8)6-24-14(21)10(17)7-23-12(19)4-3-11(18)22-2/h3-5,10,15,17H,1,6-7H2,2H3,(H,16,20)/b4-3+. The van der Waals surface area contributed by atoms with E-state index in [1.165, 1.54) is 6.20 Å². The molecule has 0 saturated carbocycles. The van der Waals surface area contributed by atoms with Gasteiger partial charge in [0, 0.05) is 18.4 Å². The van der Waals surface area contributed by atoms with Crippen LogP contribution in [0.15, 0.2) is 36.3 Å². The zero-order valence-electron chi connectivity index (χ0n) is 12.7. The van der Waals surface area contributed by atoms with E-state index in [9.17, 15) is 24.3 Å². The first kappa shape index (κ1) is 18.9. The molecule has 0 aromatic carbocycles. The van der Waals surface area contributed by atoms with Gasteiger partial charge in [0.1, 0.15) is 19.0 Å². The predicted octanol–water partition coefficient (Wildman–Crippen LogP) is -1.76. The zero-order valence-corrected chi connectivity index (χ0v) is 12.7. The van der Waals surface area contributed by atoms with Crippen molar-refractivity contribution in [3.63, 3.8) is 0 Å². The highest BCUT2D eigenvalue weighted by Gasteiger charge is 2.21. The Labute approximate surface area is 136 Å². The number of amides is 1. The summed E-state index contributed by atoms with van der Waals surface area (Å²) >= 11 is 0. The van der Waals surface area contributed by atoms with Crippen molar-refractivity contribution in [2.24, 2.45) is 0 Å². The van der Waals surface area contributed by atoms with Crippen LogP contribution < -0.4 is 10.6 Å². The number of rotatable bonds is 7. The van der Waals surface area contributed by atoms with E-state index in [-0.39, 0.29) is 11.4 Å². The lowest BCUT2D eigenvalue weighted by molar-refractivity contribution is -0.158. The number of carbonyl (C=O) groups excluding carboxylic acids is 4. The lowest BCUT2D eigenvalue weighted by Gasteiger charge is -2.17. The van der Waals surface area contributed by atoms with Crippen molar-refractivity contribution in [1.29, 1.82) is 0 Å². The molecule has 1 aliphatic rings. The molecule has 10 heteroatoms. The van der Waals surface area contributed by atoms with Gasteiger partial charge in [-0.1, -0.05) is 6.58 Å². The molecule has 1 unspecified atom stereocenters. The van der Waals surface area contributed by atoms with Crippen LogP contribution in [0.2, 0.25) is 0 Å². The van der Waals surface area contributed by atoms with Gasteiger partial charge in [0.2, 0.25) is 0 Å². The Kier molecular flexibility index (Phi) is 7.17. The van der Waals surface area contributed by atoms with E-state index in [2.05, 4.69) is 26.7 Å². The van der Waals surface area contributed by atoms with Gasteiger partial charge in [-0.05, 0) is 0 Å². The van der Waals surface area contributed by atoms with Crippen LogP contribution in [0.25, 0.3) is 0 Å². The third-order valence-corrected chi connectivity index (χ3v) is 2.56. The summed E-state index contributed by atoms with van der Waals surface area (Å²) in [6, 6.07) is 0. The molecule has 130 valence electrons. The van der Waals surface area contributed by atoms with E-state index in [4.69, 9.17) is 4.74 Å². The first-order valence-electron chi connectivity index (χ1n) is 6.56. The number of methoxy groups -OCH3 is 1. The molecule has 0 bridgehead atoms. The van der Waals surface area contributed by atoms with Gasteiger partial charge in [-0.3, -0.25) is 4.79 Å². The third kappa shape index (κ3) is 6.32. The molecule has 0 aromatic rings. The van der Waals surface area contributed by atoms with Crippen LogP contribution in [0, 0.1) is 0 Å². The van der Waals surface area contributed by atoms with Gasteiger partial charge in [-0.2, -0.15) is 0 Å². The minimum absolute atomic E-state index is 0.112. The Morgan fingerprint density at radius 1 is 1.29 bits per heavy atom. The van der Waals surface area contributed by atoms with Crippen molar-refractivity contribution in [2.75, 3.05) is 20.3 Å². The minimum Gasteiger partial charge on any atom is -0.466 e. The molecular formula is C14H16N2O8. The van der Waals surface area contributed by atoms with Crippen LogP contribution in [0.4, 0.5) is 0 Å². The van der Waals surface area contributed by atoms with E-state index in [0.717, 1.165) is 19.3 Å². The first-order valence-corrected chi connectivity index (χ1v) is 6.56. The molecule has 0 saturated heterocycles. The van der Waals surface area contributed by atoms with Crippen LogP contribution in [0.3, 0.4) is 0 Å². The van der Waals surface area contributed by atoms with Gasteiger partial charge in [0.05, 0.1) is 12.7 Å². The van der Waals surface area contributed by atoms with Gasteiger partial charge >= 0.3 is 17.9 Å². The molecule has 0 aliphatic carbocycles. The number of aliphatic hydroxyl groups is 1. The topological polar surface area (TPSA) is 140 Å². The maximum absolute atomic E-state index is 11.5. The van der Waals surface area contributed by atoms with Crippen LogP contribution in [0.5, 0.6) is 0 Å². The lowest BCUT2D eigenvalue weighted by atomic mass is 10.2. The summed E-state index contributed by atoms with van der Waals surface area (Å²) in [5.41, 5.74) is 0.112. The summed E-state index contributed by atoms with van der Waals surface area (Å²) in [6.45, 7) is 2.41. The Balaban J connectivity index is 2.36. The fourth-order valence-corrected chi connectivity index (χ4v) is 1.33. The Hall–Kier alpha value is -3.14. The number of nitrogens with one attached hydrogen (secondary N) is 2. The molecule has 0 spiro atoms. The second-order valence-corrected chi connectivity index (χ2v) is 4.36. The van der Waals surface area contributed by atoms with Crippen LogP contribution in [-0.4, -0.2) is 55.3 Å². The average Bonchev–Trinajstić information content (AvgIpc) is 2.56. The molecule has 0 radical (unpaired) electrons. The number of carbonyl (C=O) groups is 4.